The molecular weight excluding hydrogens is 622 g/mol. The van der Waals surface area contributed by atoms with Crippen LogP contribution in [0.2, 0.25) is 0 Å². The molecule has 2 N–H and O–H groups in total. The van der Waals surface area contributed by atoms with Crippen LogP contribution in [0.4, 0.5) is 0 Å². The predicted octanol–water partition coefficient (Wildman–Crippen LogP) is 2.17. The number of likely N-dealkylation sites (tertiary alicyclic amines) is 1. The van der Waals surface area contributed by atoms with Crippen molar-refractivity contribution in [1.29, 1.82) is 0 Å². The SMILES string of the molecule is CCO[C@]12C[C@H](OC)[C@@]3(O)C[C@H]([C@@H]1[C@H]3OC(=O)c1ccc(OC)c(OC)c1)[C@@]13C4[C@@H]2[C@H](OC)[C@@H]1[C@](COC)(CN4CC)[C@H](O)C[C@@H]3OC. The molecule has 1 aromatic rings. The van der Waals surface area contributed by atoms with Gasteiger partial charge in [0.05, 0.1) is 56.4 Å². The summed E-state index contributed by atoms with van der Waals surface area (Å²) in [5, 5.41) is 25.0. The predicted molar refractivity (Wildman–Crippen MR) is 172 cm³/mol. The summed E-state index contributed by atoms with van der Waals surface area (Å²) in [7, 11) is 9.84. The molecule has 268 valence electrons. The number of nitrogens with zero attached hydrogens (tertiary/aromatic N) is 1. The van der Waals surface area contributed by atoms with E-state index < -0.39 is 52.2 Å². The van der Waals surface area contributed by atoms with Crippen molar-refractivity contribution in [1.82, 2.24) is 4.90 Å². The van der Waals surface area contributed by atoms with Gasteiger partial charge in [0, 0.05) is 89.1 Å². The Balaban J connectivity index is 1.44. The Morgan fingerprint density at radius 1 is 0.958 bits per heavy atom. The molecule has 7 bridgehead atoms. The van der Waals surface area contributed by atoms with Gasteiger partial charge in [0.25, 0.3) is 0 Å². The smallest absolute Gasteiger partial charge is 0.338 e. The minimum absolute atomic E-state index is 0.0344. The van der Waals surface area contributed by atoms with E-state index in [2.05, 4.69) is 11.8 Å². The van der Waals surface area contributed by atoms with Gasteiger partial charge < -0.3 is 48.1 Å². The summed E-state index contributed by atoms with van der Waals surface area (Å²) in [6.45, 7) is 6.32. The second-order valence-electron chi connectivity index (χ2n) is 14.9. The number of fused-ring (bicyclic) bond motifs is 2. The molecule has 1 aliphatic heterocycles. The summed E-state index contributed by atoms with van der Waals surface area (Å²) in [5.41, 5.74) is -3.31. The first kappa shape index (κ1) is 34.4. The summed E-state index contributed by atoms with van der Waals surface area (Å²) in [4.78, 5) is 16.6. The normalized spacial score (nSPS) is 46.8. The largest absolute Gasteiger partial charge is 0.493 e. The minimum atomic E-state index is -1.50. The zero-order valence-electron chi connectivity index (χ0n) is 29.5. The molecule has 5 saturated carbocycles. The second-order valence-corrected chi connectivity index (χ2v) is 14.9. The van der Waals surface area contributed by atoms with Gasteiger partial charge >= 0.3 is 5.97 Å². The molecule has 7 rings (SSSR count). The standard InChI is InChI=1S/C36H53NO11/c1-9-37-17-33(18-41-3)23(38)14-24(44-6)36-20-15-34(40)25(45-7)16-35(47-10-2,27(30(36)37)28(46-8)29(33)36)26(20)31(34)48-32(39)19-11-12-21(42-4)22(13-19)43-5/h11-13,20,23-31,38,40H,9-10,14-18H2,1-8H3/t20-,23-,24+,25+,26-,27+,28+,29-,30?,31-,33+,34+,35-,36+/m1/s1. The molecule has 1 spiro atoms. The molecule has 0 radical (unpaired) electrons. The number of carbonyl (C=O) groups is 1. The number of ether oxygens (including phenoxy) is 8. The molecule has 1 unspecified atom stereocenters. The number of aliphatic hydroxyl groups excluding tert-OH is 1. The van der Waals surface area contributed by atoms with E-state index in [1.54, 1.807) is 46.6 Å². The van der Waals surface area contributed by atoms with Gasteiger partial charge in [-0.15, -0.1) is 0 Å². The zero-order chi connectivity index (χ0) is 34.4. The first-order valence-corrected chi connectivity index (χ1v) is 17.4. The molecule has 6 aliphatic rings. The summed E-state index contributed by atoms with van der Waals surface area (Å²) < 4.78 is 49.7. The van der Waals surface area contributed by atoms with Crippen LogP contribution < -0.4 is 9.47 Å². The van der Waals surface area contributed by atoms with Crippen LogP contribution in [0, 0.1) is 34.5 Å². The quantitative estimate of drug-likeness (QED) is 0.315. The van der Waals surface area contributed by atoms with E-state index in [1.807, 2.05) is 6.92 Å². The first-order chi connectivity index (χ1) is 23.1. The average Bonchev–Trinajstić information content (AvgIpc) is 3.46. The number of rotatable bonds is 12. The Morgan fingerprint density at radius 2 is 1.69 bits per heavy atom. The highest BCUT2D eigenvalue weighted by Gasteiger charge is 2.90. The van der Waals surface area contributed by atoms with Crippen molar-refractivity contribution in [3.63, 3.8) is 0 Å². The monoisotopic (exact) mass is 675 g/mol. The van der Waals surface area contributed by atoms with Crippen molar-refractivity contribution >= 4 is 5.97 Å². The molecule has 0 amide bonds. The number of aliphatic hydroxyl groups is 2. The third kappa shape index (κ3) is 4.03. The van der Waals surface area contributed by atoms with Gasteiger partial charge in [-0.1, -0.05) is 6.92 Å². The highest BCUT2D eigenvalue weighted by Crippen LogP contribution is 2.80. The maximum absolute atomic E-state index is 14.1. The van der Waals surface area contributed by atoms with Crippen molar-refractivity contribution < 1.29 is 52.9 Å². The number of hydrogen-bond acceptors (Lipinski definition) is 12. The number of esters is 1. The fraction of sp³-hybridized carbons (Fsp3) is 0.806. The van der Waals surface area contributed by atoms with Crippen molar-refractivity contribution in [3.8, 4) is 11.5 Å². The summed E-state index contributed by atoms with van der Waals surface area (Å²) >= 11 is 0. The fourth-order valence-electron chi connectivity index (χ4n) is 12.7. The molecule has 1 saturated heterocycles. The van der Waals surface area contributed by atoms with Crippen LogP contribution in [0.1, 0.15) is 43.5 Å². The second kappa shape index (κ2) is 12.0. The van der Waals surface area contributed by atoms with E-state index in [1.165, 1.54) is 14.2 Å². The Kier molecular flexibility index (Phi) is 8.64. The number of methoxy groups -OCH3 is 6. The molecule has 12 heteroatoms. The lowest BCUT2D eigenvalue weighted by atomic mass is 9.42. The highest BCUT2D eigenvalue weighted by molar-refractivity contribution is 5.90. The Labute approximate surface area is 283 Å². The van der Waals surface area contributed by atoms with Gasteiger partial charge in [-0.3, -0.25) is 4.90 Å². The maximum atomic E-state index is 14.1. The fourth-order valence-corrected chi connectivity index (χ4v) is 12.7. The van der Waals surface area contributed by atoms with Crippen molar-refractivity contribution in [2.24, 2.45) is 34.5 Å². The topological polar surface area (TPSA) is 135 Å². The van der Waals surface area contributed by atoms with Gasteiger partial charge in [-0.2, -0.15) is 0 Å². The summed E-state index contributed by atoms with van der Waals surface area (Å²) in [6.07, 6.45) is -1.81. The minimum Gasteiger partial charge on any atom is -0.493 e. The van der Waals surface area contributed by atoms with Crippen LogP contribution in [-0.4, -0.2) is 138 Å². The molecule has 6 fully saturated rings. The molecule has 1 heterocycles. The first-order valence-electron chi connectivity index (χ1n) is 17.4. The average molecular weight is 676 g/mol. The van der Waals surface area contributed by atoms with Gasteiger partial charge in [0.1, 0.15) is 11.7 Å². The number of benzene rings is 1. The third-order valence-corrected chi connectivity index (χ3v) is 13.8. The van der Waals surface area contributed by atoms with E-state index >= 15 is 0 Å². The van der Waals surface area contributed by atoms with Crippen molar-refractivity contribution in [3.05, 3.63) is 23.8 Å². The van der Waals surface area contributed by atoms with Crippen LogP contribution in [0.15, 0.2) is 18.2 Å². The molecule has 12 nitrogen and oxygen atoms in total. The molecule has 14 atom stereocenters. The Hall–Kier alpha value is -2.03. The van der Waals surface area contributed by atoms with Crippen molar-refractivity contribution in [2.75, 3.05) is 69.0 Å². The van der Waals surface area contributed by atoms with E-state index in [-0.39, 0.29) is 41.6 Å². The summed E-state index contributed by atoms with van der Waals surface area (Å²) in [5.74, 6) is -0.656. The Morgan fingerprint density at radius 3 is 2.29 bits per heavy atom. The van der Waals surface area contributed by atoms with Crippen LogP contribution in [0.25, 0.3) is 0 Å². The zero-order valence-corrected chi connectivity index (χ0v) is 29.5. The van der Waals surface area contributed by atoms with Gasteiger partial charge in [0.15, 0.2) is 11.5 Å². The van der Waals surface area contributed by atoms with Crippen molar-refractivity contribution in [2.45, 2.75) is 80.9 Å². The lowest BCUT2D eigenvalue weighted by molar-refractivity contribution is -0.304. The lowest BCUT2D eigenvalue weighted by Crippen LogP contribution is -2.79. The summed E-state index contributed by atoms with van der Waals surface area (Å²) in [6, 6.07) is 4.87. The van der Waals surface area contributed by atoms with E-state index in [4.69, 9.17) is 37.9 Å². The van der Waals surface area contributed by atoms with E-state index in [0.717, 1.165) is 6.54 Å². The molecule has 0 aromatic heterocycles. The molecule has 1 aromatic carbocycles. The van der Waals surface area contributed by atoms with Gasteiger partial charge in [0.2, 0.25) is 0 Å². The van der Waals surface area contributed by atoms with Crippen LogP contribution >= 0.6 is 0 Å². The molecular formula is C36H53NO11. The number of hydrogen-bond donors (Lipinski definition) is 2. The third-order valence-electron chi connectivity index (χ3n) is 13.8. The van der Waals surface area contributed by atoms with Gasteiger partial charge in [-0.25, -0.2) is 4.79 Å². The molecule has 5 aliphatic carbocycles. The highest BCUT2D eigenvalue weighted by atomic mass is 16.6. The van der Waals surface area contributed by atoms with Crippen LogP contribution in [0.5, 0.6) is 11.5 Å². The van der Waals surface area contributed by atoms with E-state index in [0.29, 0.717) is 50.5 Å². The number of piperidine rings is 1. The number of carbonyl (C=O) groups excluding carboxylic acids is 1. The van der Waals surface area contributed by atoms with E-state index in [9.17, 15) is 15.0 Å². The maximum Gasteiger partial charge on any atom is 0.338 e. The van der Waals surface area contributed by atoms with Gasteiger partial charge in [-0.05, 0) is 44.0 Å². The lowest BCUT2D eigenvalue weighted by Gasteiger charge is -2.70. The van der Waals surface area contributed by atoms with Crippen LogP contribution in [-0.2, 0) is 28.4 Å². The van der Waals surface area contributed by atoms with Crippen LogP contribution in [0.3, 0.4) is 0 Å². The Bertz CT molecular complexity index is 1400. The molecule has 48 heavy (non-hydrogen) atoms.